The first-order valence-corrected chi connectivity index (χ1v) is 12.1. The lowest BCUT2D eigenvalue weighted by atomic mass is 10.1. The van der Waals surface area contributed by atoms with E-state index in [0.717, 1.165) is 36.1 Å². The summed E-state index contributed by atoms with van der Waals surface area (Å²) in [6, 6.07) is 11.7. The number of carbonyl (C=O) groups is 1. The lowest BCUT2D eigenvalue weighted by molar-refractivity contribution is -0.129. The first kappa shape index (κ1) is 21.0. The highest BCUT2D eigenvalue weighted by molar-refractivity contribution is 7.91. The van der Waals surface area contributed by atoms with Crippen LogP contribution in [0.15, 0.2) is 40.6 Å². The van der Waals surface area contributed by atoms with Crippen molar-refractivity contribution in [2.75, 3.05) is 20.1 Å². The maximum absolute atomic E-state index is 12.8. The molecule has 7 heteroatoms. The number of rotatable bonds is 7. The molecule has 5 nitrogen and oxygen atoms in total. The van der Waals surface area contributed by atoms with Gasteiger partial charge in [-0.2, -0.15) is 4.31 Å². The number of hydrogen-bond acceptors (Lipinski definition) is 4. The van der Waals surface area contributed by atoms with Gasteiger partial charge < -0.3 is 4.90 Å². The van der Waals surface area contributed by atoms with Gasteiger partial charge >= 0.3 is 0 Å². The zero-order valence-electron chi connectivity index (χ0n) is 16.6. The second kappa shape index (κ2) is 9.20. The molecule has 0 aliphatic carbocycles. The van der Waals surface area contributed by atoms with Crippen LogP contribution in [-0.4, -0.2) is 43.7 Å². The van der Waals surface area contributed by atoms with Crippen LogP contribution >= 0.6 is 11.3 Å². The molecule has 1 aliphatic heterocycles. The second-order valence-electron chi connectivity index (χ2n) is 7.28. The summed E-state index contributed by atoms with van der Waals surface area (Å²) in [5.74, 6) is -0.0108. The fraction of sp³-hybridized carbons (Fsp3) is 0.476. The predicted octanol–water partition coefficient (Wildman–Crippen LogP) is 3.69. The zero-order chi connectivity index (χ0) is 20.1. The Balaban J connectivity index is 1.61. The van der Waals surface area contributed by atoms with Crippen LogP contribution in [0.25, 0.3) is 0 Å². The topological polar surface area (TPSA) is 57.7 Å². The van der Waals surface area contributed by atoms with E-state index in [2.05, 4.69) is 31.2 Å². The Labute approximate surface area is 172 Å². The third kappa shape index (κ3) is 5.01. The molecule has 2 aromatic rings. The number of amides is 1. The number of benzene rings is 1. The summed E-state index contributed by atoms with van der Waals surface area (Å²) in [7, 11) is -1.64. The van der Waals surface area contributed by atoms with Gasteiger partial charge in [0.25, 0.3) is 10.0 Å². The van der Waals surface area contributed by atoms with E-state index >= 15 is 0 Å². The smallest absolute Gasteiger partial charge is 0.252 e. The quantitative estimate of drug-likeness (QED) is 0.686. The molecule has 1 aliphatic rings. The van der Waals surface area contributed by atoms with Crippen LogP contribution in [0.1, 0.15) is 42.2 Å². The molecular formula is C21H28N2O3S2. The van der Waals surface area contributed by atoms with Crippen LogP contribution in [0.4, 0.5) is 0 Å². The van der Waals surface area contributed by atoms with Crippen molar-refractivity contribution in [3.63, 3.8) is 0 Å². The van der Waals surface area contributed by atoms with Gasteiger partial charge in [0.15, 0.2) is 0 Å². The largest absolute Gasteiger partial charge is 0.341 e. The Bertz CT molecular complexity index is 898. The normalized spacial score (nSPS) is 15.5. The molecule has 1 aromatic heterocycles. The highest BCUT2D eigenvalue weighted by atomic mass is 32.2. The number of nitrogens with zero attached hydrogens (tertiary/aromatic N) is 2. The fourth-order valence-electron chi connectivity index (χ4n) is 3.35. The van der Waals surface area contributed by atoms with E-state index in [1.54, 1.807) is 28.4 Å². The third-order valence-electron chi connectivity index (χ3n) is 5.15. The molecule has 0 N–H and O–H groups in total. The Morgan fingerprint density at radius 3 is 2.32 bits per heavy atom. The van der Waals surface area contributed by atoms with Crippen molar-refractivity contribution in [3.8, 4) is 0 Å². The van der Waals surface area contributed by atoms with Crippen molar-refractivity contribution in [1.82, 2.24) is 9.21 Å². The minimum Gasteiger partial charge on any atom is -0.341 e. The van der Waals surface area contributed by atoms with Crippen molar-refractivity contribution in [3.05, 3.63) is 52.4 Å². The van der Waals surface area contributed by atoms with Crippen LogP contribution in [0.2, 0.25) is 0 Å². The van der Waals surface area contributed by atoms with Gasteiger partial charge in [0.05, 0.1) is 6.42 Å². The molecule has 152 valence electrons. The molecule has 1 aromatic carbocycles. The molecule has 0 unspecified atom stereocenters. The van der Waals surface area contributed by atoms with Gasteiger partial charge in [-0.3, -0.25) is 4.79 Å². The molecule has 0 saturated carbocycles. The van der Waals surface area contributed by atoms with Gasteiger partial charge in [-0.1, -0.05) is 37.6 Å². The summed E-state index contributed by atoms with van der Waals surface area (Å²) in [4.78, 5) is 15.1. The minimum absolute atomic E-state index is 0.0108. The SMILES string of the molecule is CCc1ccc(CN(C)C(=O)Cc2ccc(S(=O)(=O)N3CCCCC3)s2)cc1. The molecule has 2 heterocycles. The number of hydrogen-bond donors (Lipinski definition) is 0. The van der Waals surface area contributed by atoms with Gasteiger partial charge in [-0.25, -0.2) is 8.42 Å². The van der Waals surface area contributed by atoms with Gasteiger partial charge in [-0.15, -0.1) is 11.3 Å². The molecule has 1 amide bonds. The number of likely N-dealkylation sites (N-methyl/N-ethyl adjacent to an activating group) is 1. The predicted molar refractivity (Wildman–Crippen MR) is 113 cm³/mol. The summed E-state index contributed by atoms with van der Waals surface area (Å²) in [6.45, 7) is 3.85. The molecule has 1 saturated heterocycles. The molecule has 3 rings (SSSR count). The first-order chi connectivity index (χ1) is 13.4. The van der Waals surface area contributed by atoms with Crippen LogP contribution in [0.3, 0.4) is 0 Å². The minimum atomic E-state index is -3.43. The number of piperidine rings is 1. The van der Waals surface area contributed by atoms with Crippen LogP contribution in [0, 0.1) is 0 Å². The zero-order valence-corrected chi connectivity index (χ0v) is 18.2. The molecule has 0 spiro atoms. The average Bonchev–Trinajstić information content (AvgIpc) is 3.18. The summed E-state index contributed by atoms with van der Waals surface area (Å²) >= 11 is 1.21. The number of aryl methyl sites for hydroxylation is 1. The van der Waals surface area contributed by atoms with Crippen LogP contribution in [0.5, 0.6) is 0 Å². The molecule has 0 atom stereocenters. The van der Waals surface area contributed by atoms with Crippen molar-refractivity contribution in [1.29, 1.82) is 0 Å². The van der Waals surface area contributed by atoms with E-state index in [1.807, 2.05) is 0 Å². The third-order valence-corrected chi connectivity index (χ3v) is 8.60. The Hall–Kier alpha value is -1.70. The van der Waals surface area contributed by atoms with Crippen molar-refractivity contribution < 1.29 is 13.2 Å². The van der Waals surface area contributed by atoms with Gasteiger partial charge in [0.1, 0.15) is 4.21 Å². The molecule has 28 heavy (non-hydrogen) atoms. The van der Waals surface area contributed by atoms with Crippen molar-refractivity contribution in [2.24, 2.45) is 0 Å². The summed E-state index contributed by atoms with van der Waals surface area (Å²) in [5, 5.41) is 0. The van der Waals surface area contributed by atoms with Crippen molar-refractivity contribution in [2.45, 2.75) is 49.8 Å². The van der Waals surface area contributed by atoms with Gasteiger partial charge in [-0.05, 0) is 42.5 Å². The van der Waals surface area contributed by atoms with Gasteiger partial charge in [0, 0.05) is 31.6 Å². The highest BCUT2D eigenvalue weighted by Crippen LogP contribution is 2.27. The number of thiophene rings is 1. The standard InChI is InChI=1S/C21H28N2O3S2/c1-3-17-7-9-18(10-8-17)16-22(2)20(24)15-19-11-12-21(27-19)28(25,26)23-13-5-4-6-14-23/h7-12H,3-6,13-16H2,1-2H3. The van der Waals surface area contributed by atoms with E-state index in [-0.39, 0.29) is 12.3 Å². The summed E-state index contributed by atoms with van der Waals surface area (Å²) < 4.78 is 27.4. The highest BCUT2D eigenvalue weighted by Gasteiger charge is 2.27. The Kier molecular flexibility index (Phi) is 6.91. The van der Waals surface area contributed by atoms with Gasteiger partial charge in [0.2, 0.25) is 5.91 Å². The fourth-order valence-corrected chi connectivity index (χ4v) is 6.37. The van der Waals surface area contributed by atoms with E-state index < -0.39 is 10.0 Å². The van der Waals surface area contributed by atoms with E-state index in [0.29, 0.717) is 23.8 Å². The summed E-state index contributed by atoms with van der Waals surface area (Å²) in [6.07, 6.45) is 4.14. The van der Waals surface area contributed by atoms with E-state index in [4.69, 9.17) is 0 Å². The summed E-state index contributed by atoms with van der Waals surface area (Å²) in [5.41, 5.74) is 2.37. The average molecular weight is 421 g/mol. The van der Waals surface area contributed by atoms with Crippen LogP contribution < -0.4 is 0 Å². The van der Waals surface area contributed by atoms with Crippen molar-refractivity contribution >= 4 is 27.3 Å². The maximum Gasteiger partial charge on any atom is 0.252 e. The monoisotopic (exact) mass is 420 g/mol. The lowest BCUT2D eigenvalue weighted by Crippen LogP contribution is -2.35. The Morgan fingerprint density at radius 2 is 1.68 bits per heavy atom. The first-order valence-electron chi connectivity index (χ1n) is 9.81. The maximum atomic E-state index is 12.8. The van der Waals surface area contributed by atoms with E-state index in [9.17, 15) is 13.2 Å². The molecule has 0 radical (unpaired) electrons. The second-order valence-corrected chi connectivity index (χ2v) is 10.6. The molecule has 1 fully saturated rings. The lowest BCUT2D eigenvalue weighted by Gasteiger charge is -2.25. The number of sulfonamides is 1. The molecular weight excluding hydrogens is 392 g/mol. The van der Waals surface area contributed by atoms with E-state index in [1.165, 1.54) is 16.9 Å². The van der Waals surface area contributed by atoms with Crippen LogP contribution in [-0.2, 0) is 34.2 Å². The molecule has 0 bridgehead atoms. The Morgan fingerprint density at radius 1 is 1.04 bits per heavy atom. The number of carbonyl (C=O) groups excluding carboxylic acids is 1.